The smallest absolute Gasteiger partial charge is 0.247 e. The first-order chi connectivity index (χ1) is 20.3. The second-order valence-corrected chi connectivity index (χ2v) is 10.8. The number of aliphatic hydroxyl groups excluding tert-OH is 2. The van der Waals surface area contributed by atoms with Gasteiger partial charge in [-0.15, -0.1) is 6.58 Å². The van der Waals surface area contributed by atoms with Crippen molar-refractivity contribution < 1.29 is 38.8 Å². The lowest BCUT2D eigenvalue weighted by atomic mass is 9.87. The fraction of sp³-hybridized carbons (Fsp3) is 0.387. The second-order valence-electron chi connectivity index (χ2n) is 9.64. The Bertz CT molecular complexity index is 1300. The highest BCUT2D eigenvalue weighted by molar-refractivity contribution is 14.1. The second kappa shape index (κ2) is 16.3. The molecule has 3 atom stereocenters. The molecule has 0 radical (unpaired) electrons. The molecule has 3 N–H and O–H groups in total. The molecule has 0 heterocycles. The topological polar surface area (TPSA) is 135 Å². The van der Waals surface area contributed by atoms with Crippen LogP contribution in [0.1, 0.15) is 35.2 Å². The number of rotatable bonds is 15. The largest absolute Gasteiger partial charge is 0.496 e. The molecule has 0 spiro atoms. The molecular formula is C31H37IN2O8. The monoisotopic (exact) mass is 692 g/mol. The van der Waals surface area contributed by atoms with E-state index in [-0.39, 0.29) is 44.2 Å². The summed E-state index contributed by atoms with van der Waals surface area (Å²) in [7, 11) is 3.02. The molecule has 0 aromatic heterocycles. The number of aldehydes is 1. The van der Waals surface area contributed by atoms with E-state index in [4.69, 9.17) is 14.2 Å². The van der Waals surface area contributed by atoms with Crippen LogP contribution in [0.5, 0.6) is 17.2 Å². The summed E-state index contributed by atoms with van der Waals surface area (Å²) in [6.45, 7) is 3.78. The molecule has 0 saturated heterocycles. The van der Waals surface area contributed by atoms with Crippen LogP contribution in [0.25, 0.3) is 0 Å². The van der Waals surface area contributed by atoms with Crippen LogP contribution in [0.15, 0.2) is 60.7 Å². The van der Waals surface area contributed by atoms with Gasteiger partial charge in [-0.05, 0) is 65.3 Å². The molecule has 1 aliphatic rings. The van der Waals surface area contributed by atoms with Crippen LogP contribution in [0.4, 0.5) is 0 Å². The Labute approximate surface area is 259 Å². The Morgan fingerprint density at radius 3 is 2.60 bits per heavy atom. The molecule has 3 unspecified atom stereocenters. The molecule has 3 rings (SSSR count). The van der Waals surface area contributed by atoms with Crippen molar-refractivity contribution in [1.29, 1.82) is 0 Å². The summed E-state index contributed by atoms with van der Waals surface area (Å²) in [4.78, 5) is 39.6. The van der Waals surface area contributed by atoms with Gasteiger partial charge in [-0.3, -0.25) is 14.4 Å². The lowest BCUT2D eigenvalue weighted by Crippen LogP contribution is -2.55. The number of halogens is 1. The molecule has 2 aromatic rings. The highest BCUT2D eigenvalue weighted by atomic mass is 127. The lowest BCUT2D eigenvalue weighted by Gasteiger charge is -2.41. The SMILES string of the molecule is C=CCCC(=O)N(CCc1ccccc1OC)C1CC(C(=O)NCCO)=CC(Oc2c(I)cc(C=O)cc2OC)C1O. The van der Waals surface area contributed by atoms with Crippen molar-refractivity contribution in [3.63, 3.8) is 0 Å². The molecule has 226 valence electrons. The highest BCUT2D eigenvalue weighted by Crippen LogP contribution is 2.37. The van der Waals surface area contributed by atoms with E-state index >= 15 is 0 Å². The normalized spacial score (nSPS) is 17.9. The third kappa shape index (κ3) is 8.33. The Balaban J connectivity index is 2.01. The van der Waals surface area contributed by atoms with Crippen LogP contribution in [-0.4, -0.2) is 85.4 Å². The quantitative estimate of drug-likeness (QED) is 0.147. The first kappa shape index (κ1) is 33.1. The molecule has 11 heteroatoms. The maximum absolute atomic E-state index is 13.5. The number of allylic oxidation sites excluding steroid dienone is 1. The van der Waals surface area contributed by atoms with Gasteiger partial charge in [0.1, 0.15) is 24.2 Å². The third-order valence-electron chi connectivity index (χ3n) is 6.95. The number of nitrogens with zero attached hydrogens (tertiary/aromatic N) is 1. The Morgan fingerprint density at radius 1 is 1.19 bits per heavy atom. The molecule has 42 heavy (non-hydrogen) atoms. The summed E-state index contributed by atoms with van der Waals surface area (Å²) >= 11 is 2.01. The minimum absolute atomic E-state index is 0.0452. The molecule has 1 aliphatic carbocycles. The van der Waals surface area contributed by atoms with Crippen molar-refractivity contribution in [3.05, 3.63) is 75.4 Å². The summed E-state index contributed by atoms with van der Waals surface area (Å²) < 4.78 is 17.8. The highest BCUT2D eigenvalue weighted by Gasteiger charge is 2.40. The average Bonchev–Trinajstić information content (AvgIpc) is 3.00. The van der Waals surface area contributed by atoms with Crippen molar-refractivity contribution in [1.82, 2.24) is 10.2 Å². The van der Waals surface area contributed by atoms with Gasteiger partial charge in [0, 0.05) is 37.1 Å². The fourth-order valence-corrected chi connectivity index (χ4v) is 5.59. The predicted molar refractivity (Wildman–Crippen MR) is 166 cm³/mol. The van der Waals surface area contributed by atoms with Gasteiger partial charge in [-0.25, -0.2) is 0 Å². The van der Waals surface area contributed by atoms with Crippen molar-refractivity contribution in [2.45, 2.75) is 43.9 Å². The number of hydrogen-bond acceptors (Lipinski definition) is 8. The van der Waals surface area contributed by atoms with Gasteiger partial charge in [-0.2, -0.15) is 0 Å². The first-order valence-corrected chi connectivity index (χ1v) is 14.6. The van der Waals surface area contributed by atoms with Gasteiger partial charge in [0.05, 0.1) is 30.4 Å². The number of hydrogen-bond donors (Lipinski definition) is 3. The number of carbonyl (C=O) groups excluding carboxylic acids is 3. The molecule has 0 fully saturated rings. The average molecular weight is 693 g/mol. The van der Waals surface area contributed by atoms with Gasteiger partial charge in [0.2, 0.25) is 11.8 Å². The summed E-state index contributed by atoms with van der Waals surface area (Å²) in [5.74, 6) is 0.625. The number of methoxy groups -OCH3 is 2. The first-order valence-electron chi connectivity index (χ1n) is 13.6. The van der Waals surface area contributed by atoms with E-state index in [1.54, 1.807) is 24.2 Å². The number of ether oxygens (including phenoxy) is 3. The number of benzene rings is 2. The fourth-order valence-electron chi connectivity index (χ4n) is 4.83. The molecule has 0 saturated carbocycles. The van der Waals surface area contributed by atoms with E-state index in [0.717, 1.165) is 5.56 Å². The van der Waals surface area contributed by atoms with E-state index < -0.39 is 24.2 Å². The summed E-state index contributed by atoms with van der Waals surface area (Å²) in [5.41, 5.74) is 1.59. The van der Waals surface area contributed by atoms with Crippen LogP contribution in [0.3, 0.4) is 0 Å². The van der Waals surface area contributed by atoms with Gasteiger partial charge in [0.15, 0.2) is 11.5 Å². The number of carbonyl (C=O) groups is 3. The summed E-state index contributed by atoms with van der Waals surface area (Å²) in [5, 5.41) is 23.6. The van der Waals surface area contributed by atoms with E-state index in [1.807, 2.05) is 46.9 Å². The molecule has 0 bridgehead atoms. The number of para-hydroxylation sites is 1. The minimum atomic E-state index is -1.21. The third-order valence-corrected chi connectivity index (χ3v) is 7.75. The van der Waals surface area contributed by atoms with E-state index in [0.29, 0.717) is 45.3 Å². The maximum Gasteiger partial charge on any atom is 0.247 e. The maximum atomic E-state index is 13.5. The van der Waals surface area contributed by atoms with Crippen LogP contribution < -0.4 is 19.5 Å². The van der Waals surface area contributed by atoms with Crippen LogP contribution in [-0.2, 0) is 16.0 Å². The van der Waals surface area contributed by atoms with E-state index in [2.05, 4.69) is 11.9 Å². The zero-order valence-electron chi connectivity index (χ0n) is 23.8. The van der Waals surface area contributed by atoms with Gasteiger partial charge >= 0.3 is 0 Å². The standard InChI is InChI=1S/C31H37IN2O8/c1-4-5-10-28(37)34(13-11-21-8-6-7-9-25(21)40-2)24-17-22(31(39)33-12-14-35)18-26(29(24)38)42-30-23(32)15-20(19-36)16-27(30)41-3/h4,6-9,15-16,18-19,24,26,29,35,38H,1,5,10-14,17H2,2-3H3,(H,33,39). The van der Waals surface area contributed by atoms with Gasteiger partial charge < -0.3 is 34.6 Å². The minimum Gasteiger partial charge on any atom is -0.496 e. The Kier molecular flexibility index (Phi) is 12.8. The van der Waals surface area contributed by atoms with Crippen molar-refractivity contribution in [2.75, 3.05) is 33.9 Å². The van der Waals surface area contributed by atoms with Crippen LogP contribution in [0, 0.1) is 3.57 Å². The molecule has 0 aliphatic heterocycles. The van der Waals surface area contributed by atoms with Gasteiger partial charge in [0.25, 0.3) is 0 Å². The Hall–Kier alpha value is -3.42. The van der Waals surface area contributed by atoms with Crippen molar-refractivity contribution in [2.24, 2.45) is 0 Å². The van der Waals surface area contributed by atoms with Crippen molar-refractivity contribution in [3.8, 4) is 17.2 Å². The Morgan fingerprint density at radius 2 is 1.93 bits per heavy atom. The van der Waals surface area contributed by atoms with Gasteiger partial charge in [-0.1, -0.05) is 24.3 Å². The molecular weight excluding hydrogens is 655 g/mol. The zero-order chi connectivity index (χ0) is 30.6. The van der Waals surface area contributed by atoms with Crippen LogP contribution >= 0.6 is 22.6 Å². The molecule has 2 aromatic carbocycles. The predicted octanol–water partition coefficient (Wildman–Crippen LogP) is 3.07. The van der Waals surface area contributed by atoms with Crippen molar-refractivity contribution >= 4 is 40.7 Å². The summed E-state index contributed by atoms with van der Waals surface area (Å²) in [6.07, 6.45) is 2.78. The summed E-state index contributed by atoms with van der Waals surface area (Å²) in [6, 6.07) is 9.85. The number of nitrogens with one attached hydrogen (secondary N) is 1. The molecule has 10 nitrogen and oxygen atoms in total. The van der Waals surface area contributed by atoms with E-state index in [9.17, 15) is 24.6 Å². The van der Waals surface area contributed by atoms with Crippen LogP contribution in [0.2, 0.25) is 0 Å². The number of amides is 2. The van der Waals surface area contributed by atoms with E-state index in [1.165, 1.54) is 19.3 Å². The lowest BCUT2D eigenvalue weighted by molar-refractivity contribution is -0.138. The molecule has 2 amide bonds. The number of aliphatic hydroxyl groups is 2. The zero-order valence-corrected chi connectivity index (χ0v) is 25.9.